The molecule has 0 amide bonds. The van der Waals surface area contributed by atoms with Crippen LogP contribution in [0.3, 0.4) is 0 Å². The van der Waals surface area contributed by atoms with Crippen LogP contribution in [0.2, 0.25) is 0 Å². The van der Waals surface area contributed by atoms with Crippen molar-refractivity contribution in [2.75, 3.05) is 0 Å². The Labute approximate surface area is 135 Å². The van der Waals surface area contributed by atoms with Crippen LogP contribution in [-0.4, -0.2) is 17.2 Å². The fourth-order valence-corrected chi connectivity index (χ4v) is 2.83. The number of hydrogen-bond acceptors (Lipinski definition) is 4. The third-order valence-electron chi connectivity index (χ3n) is 3.97. The molecule has 0 bridgehead atoms. The van der Waals surface area contributed by atoms with Crippen molar-refractivity contribution < 1.29 is 19.4 Å². The van der Waals surface area contributed by atoms with Crippen LogP contribution >= 0.6 is 0 Å². The number of carbonyl (C=O) groups excluding carboxylic acids is 1. The van der Waals surface area contributed by atoms with Gasteiger partial charge >= 0.3 is 5.97 Å². The Morgan fingerprint density at radius 1 is 1.17 bits per heavy atom. The zero-order valence-electron chi connectivity index (χ0n) is 13.1. The Hall–Kier alpha value is -2.33. The highest BCUT2D eigenvalue weighted by Crippen LogP contribution is 2.39. The van der Waals surface area contributed by atoms with Crippen molar-refractivity contribution in [3.8, 4) is 5.75 Å². The highest BCUT2D eigenvalue weighted by atomic mass is 16.6. The van der Waals surface area contributed by atoms with Crippen molar-refractivity contribution >= 4 is 5.97 Å². The van der Waals surface area contributed by atoms with Crippen molar-refractivity contribution in [2.45, 2.75) is 38.6 Å². The van der Waals surface area contributed by atoms with Crippen LogP contribution < -0.4 is 4.74 Å². The fraction of sp³-hybridized carbons (Fsp3) is 0.316. The summed E-state index contributed by atoms with van der Waals surface area (Å²) < 4.78 is 11.2. The van der Waals surface area contributed by atoms with Gasteiger partial charge in [-0.05, 0) is 18.1 Å². The highest BCUT2D eigenvalue weighted by molar-refractivity contribution is 5.97. The second-order valence-corrected chi connectivity index (χ2v) is 5.68. The number of esters is 1. The lowest BCUT2D eigenvalue weighted by Gasteiger charge is -2.17. The molecular weight excluding hydrogens is 292 g/mol. The molecule has 2 aromatic carbocycles. The predicted octanol–water partition coefficient (Wildman–Crippen LogP) is 3.64. The summed E-state index contributed by atoms with van der Waals surface area (Å²) in [4.78, 5) is 12.2. The third kappa shape index (κ3) is 3.22. The first kappa shape index (κ1) is 15.6. The molecule has 1 N–H and O–H groups in total. The van der Waals surface area contributed by atoms with E-state index in [0.29, 0.717) is 29.9 Å². The number of ether oxygens (including phenoxy) is 2. The molecule has 1 heterocycles. The van der Waals surface area contributed by atoms with Crippen LogP contribution in [0.4, 0.5) is 0 Å². The first-order valence-corrected chi connectivity index (χ1v) is 7.89. The van der Waals surface area contributed by atoms with E-state index in [2.05, 4.69) is 0 Å². The van der Waals surface area contributed by atoms with E-state index in [0.717, 1.165) is 12.0 Å². The third-order valence-corrected chi connectivity index (χ3v) is 3.97. The van der Waals surface area contributed by atoms with Gasteiger partial charge in [0.1, 0.15) is 17.9 Å². The van der Waals surface area contributed by atoms with Gasteiger partial charge in [-0.1, -0.05) is 55.8 Å². The smallest absolute Gasteiger partial charge is 0.343 e. The van der Waals surface area contributed by atoms with Crippen molar-refractivity contribution in [3.05, 3.63) is 65.2 Å². The van der Waals surface area contributed by atoms with Crippen molar-refractivity contribution in [2.24, 2.45) is 0 Å². The average molecular weight is 312 g/mol. The van der Waals surface area contributed by atoms with Crippen molar-refractivity contribution in [3.63, 3.8) is 0 Å². The van der Waals surface area contributed by atoms with E-state index in [1.807, 2.05) is 49.4 Å². The second-order valence-electron chi connectivity index (χ2n) is 5.68. The van der Waals surface area contributed by atoms with E-state index >= 15 is 0 Å². The first-order chi connectivity index (χ1) is 11.2. The molecule has 4 heteroatoms. The van der Waals surface area contributed by atoms with E-state index in [-0.39, 0.29) is 0 Å². The minimum Gasteiger partial charge on any atom is -0.488 e. The Balaban J connectivity index is 1.83. The Morgan fingerprint density at radius 2 is 1.96 bits per heavy atom. The van der Waals surface area contributed by atoms with Gasteiger partial charge in [0, 0.05) is 5.56 Å². The molecule has 0 fully saturated rings. The van der Waals surface area contributed by atoms with Gasteiger partial charge in [0.05, 0.1) is 6.10 Å². The standard InChI is InChI=1S/C19H20O4/c1-2-7-15(20)18-14-10-6-11-16(17(14)19(21)23-18)22-12-13-8-4-3-5-9-13/h3-6,8-11,15,18,20H,2,7,12H2,1H3/t15-,18-/m1/s1. The number of hydrogen-bond donors (Lipinski definition) is 1. The molecule has 0 spiro atoms. The van der Waals surface area contributed by atoms with Crippen LogP contribution in [0.1, 0.15) is 47.4 Å². The summed E-state index contributed by atoms with van der Waals surface area (Å²) in [6.45, 7) is 2.37. The molecule has 0 unspecified atom stereocenters. The van der Waals surface area contributed by atoms with Gasteiger partial charge in [0.25, 0.3) is 0 Å². The number of fused-ring (bicyclic) bond motifs is 1. The van der Waals surface area contributed by atoms with E-state index in [1.54, 1.807) is 6.07 Å². The summed E-state index contributed by atoms with van der Waals surface area (Å²) >= 11 is 0. The molecule has 23 heavy (non-hydrogen) atoms. The number of benzene rings is 2. The first-order valence-electron chi connectivity index (χ1n) is 7.89. The van der Waals surface area contributed by atoms with Gasteiger partial charge < -0.3 is 14.6 Å². The number of rotatable bonds is 6. The number of aliphatic hydroxyl groups excluding tert-OH is 1. The zero-order valence-corrected chi connectivity index (χ0v) is 13.1. The lowest BCUT2D eigenvalue weighted by atomic mass is 9.98. The predicted molar refractivity (Wildman–Crippen MR) is 86.3 cm³/mol. The monoisotopic (exact) mass is 312 g/mol. The topological polar surface area (TPSA) is 55.8 Å². The molecule has 2 atom stereocenters. The maximum absolute atomic E-state index is 12.2. The van der Waals surface area contributed by atoms with Crippen LogP contribution in [0.25, 0.3) is 0 Å². The normalized spacial score (nSPS) is 17.5. The summed E-state index contributed by atoms with van der Waals surface area (Å²) in [6.07, 6.45) is 0.133. The summed E-state index contributed by atoms with van der Waals surface area (Å²) in [5, 5.41) is 10.2. The molecule has 0 radical (unpaired) electrons. The maximum Gasteiger partial charge on any atom is 0.343 e. The number of aliphatic hydroxyl groups is 1. The van der Waals surface area contributed by atoms with E-state index < -0.39 is 18.2 Å². The molecule has 2 aromatic rings. The molecule has 0 aliphatic carbocycles. The molecule has 0 saturated heterocycles. The van der Waals surface area contributed by atoms with E-state index in [4.69, 9.17) is 9.47 Å². The molecule has 120 valence electrons. The van der Waals surface area contributed by atoms with Crippen LogP contribution in [0.5, 0.6) is 5.75 Å². The molecule has 3 rings (SSSR count). The summed E-state index contributed by atoms with van der Waals surface area (Å²) in [5.74, 6) is 0.0753. The van der Waals surface area contributed by atoms with Gasteiger partial charge in [-0.3, -0.25) is 0 Å². The maximum atomic E-state index is 12.2. The molecular formula is C19H20O4. The molecule has 1 aliphatic heterocycles. The van der Waals surface area contributed by atoms with Gasteiger partial charge in [0.15, 0.2) is 6.10 Å². The molecule has 0 aromatic heterocycles. The largest absolute Gasteiger partial charge is 0.488 e. The van der Waals surface area contributed by atoms with Crippen molar-refractivity contribution in [1.82, 2.24) is 0 Å². The molecule has 1 aliphatic rings. The fourth-order valence-electron chi connectivity index (χ4n) is 2.83. The summed E-state index contributed by atoms with van der Waals surface area (Å²) in [7, 11) is 0. The zero-order chi connectivity index (χ0) is 16.2. The summed E-state index contributed by atoms with van der Waals surface area (Å²) in [5.41, 5.74) is 2.17. The Bertz CT molecular complexity index is 681. The van der Waals surface area contributed by atoms with Crippen LogP contribution in [-0.2, 0) is 11.3 Å². The average Bonchev–Trinajstić information content (AvgIpc) is 2.92. The van der Waals surface area contributed by atoms with E-state index in [9.17, 15) is 9.90 Å². The number of carbonyl (C=O) groups is 1. The van der Waals surface area contributed by atoms with Gasteiger partial charge in [-0.15, -0.1) is 0 Å². The van der Waals surface area contributed by atoms with E-state index in [1.165, 1.54) is 0 Å². The quantitative estimate of drug-likeness (QED) is 0.827. The van der Waals surface area contributed by atoms with Gasteiger partial charge in [-0.25, -0.2) is 4.79 Å². The Morgan fingerprint density at radius 3 is 2.70 bits per heavy atom. The second kappa shape index (κ2) is 6.84. The highest BCUT2D eigenvalue weighted by Gasteiger charge is 2.37. The van der Waals surface area contributed by atoms with Gasteiger partial charge in [0.2, 0.25) is 0 Å². The molecule has 4 nitrogen and oxygen atoms in total. The Kier molecular flexibility index (Phi) is 4.63. The lowest BCUT2D eigenvalue weighted by molar-refractivity contribution is -0.0123. The number of cyclic esters (lactones) is 1. The molecule has 0 saturated carbocycles. The summed E-state index contributed by atoms with van der Waals surface area (Å²) in [6, 6.07) is 15.2. The van der Waals surface area contributed by atoms with Crippen molar-refractivity contribution in [1.29, 1.82) is 0 Å². The minimum absolute atomic E-state index is 0.382. The van der Waals surface area contributed by atoms with Crippen LogP contribution in [0, 0.1) is 0 Å². The lowest BCUT2D eigenvalue weighted by Crippen LogP contribution is -2.18. The minimum atomic E-state index is -0.686. The van der Waals surface area contributed by atoms with Crippen LogP contribution in [0.15, 0.2) is 48.5 Å². The van der Waals surface area contributed by atoms with Gasteiger partial charge in [-0.2, -0.15) is 0 Å². The SMILES string of the molecule is CCC[C@@H](O)[C@@H]1OC(=O)c2c(OCc3ccccc3)cccc21.